The highest BCUT2D eigenvalue weighted by Gasteiger charge is 2.04. The van der Waals surface area contributed by atoms with E-state index >= 15 is 0 Å². The molecular formula is C11H14ClFO3S. The van der Waals surface area contributed by atoms with E-state index < -0.39 is 9.05 Å². The maximum Gasteiger partial charge on any atom is 0.232 e. The lowest BCUT2D eigenvalue weighted by Gasteiger charge is -2.06. The predicted molar refractivity (Wildman–Crippen MR) is 65.5 cm³/mol. The summed E-state index contributed by atoms with van der Waals surface area (Å²) in [5, 5.41) is 0. The quantitative estimate of drug-likeness (QED) is 0.594. The Bertz CT molecular complexity index is 474. The van der Waals surface area contributed by atoms with E-state index in [0.29, 0.717) is 30.8 Å². The zero-order chi connectivity index (χ0) is 12.9. The molecule has 0 saturated carbocycles. The van der Waals surface area contributed by atoms with Gasteiger partial charge in [-0.25, -0.2) is 12.8 Å². The van der Waals surface area contributed by atoms with Crippen LogP contribution < -0.4 is 4.74 Å². The van der Waals surface area contributed by atoms with Crippen molar-refractivity contribution in [2.75, 3.05) is 12.4 Å². The minimum absolute atomic E-state index is 0.0693. The van der Waals surface area contributed by atoms with Gasteiger partial charge in [0, 0.05) is 16.7 Å². The average molecular weight is 281 g/mol. The van der Waals surface area contributed by atoms with Crippen LogP contribution in [0.15, 0.2) is 18.2 Å². The SMILES string of the molecule is Cc1ccc(OCCCCS(=O)(=O)Cl)cc1F. The van der Waals surface area contributed by atoms with E-state index in [-0.39, 0.29) is 11.6 Å². The smallest absolute Gasteiger partial charge is 0.232 e. The molecule has 0 aliphatic rings. The summed E-state index contributed by atoms with van der Waals surface area (Å²) >= 11 is 0. The number of ether oxygens (including phenoxy) is 1. The molecule has 0 fully saturated rings. The number of unbranched alkanes of at least 4 members (excludes halogenated alkanes) is 1. The first-order valence-corrected chi connectivity index (χ1v) is 7.67. The van der Waals surface area contributed by atoms with Gasteiger partial charge >= 0.3 is 0 Å². The molecule has 0 heterocycles. The number of benzene rings is 1. The summed E-state index contributed by atoms with van der Waals surface area (Å²) in [6, 6.07) is 4.62. The van der Waals surface area contributed by atoms with E-state index in [0.717, 1.165) is 0 Å². The molecule has 0 bridgehead atoms. The fourth-order valence-corrected chi connectivity index (χ4v) is 2.11. The third-order valence-electron chi connectivity index (χ3n) is 2.19. The Balaban J connectivity index is 2.29. The lowest BCUT2D eigenvalue weighted by molar-refractivity contribution is 0.308. The predicted octanol–water partition coefficient (Wildman–Crippen LogP) is 2.86. The van der Waals surface area contributed by atoms with E-state index in [9.17, 15) is 12.8 Å². The second-order valence-corrected chi connectivity index (χ2v) is 6.61. The molecule has 0 saturated heterocycles. The van der Waals surface area contributed by atoms with E-state index in [1.807, 2.05) is 0 Å². The molecule has 0 radical (unpaired) electrons. The second kappa shape index (κ2) is 6.21. The molecule has 0 amide bonds. The molecular weight excluding hydrogens is 267 g/mol. The normalized spacial score (nSPS) is 11.5. The minimum Gasteiger partial charge on any atom is -0.493 e. The van der Waals surface area contributed by atoms with Crippen molar-refractivity contribution >= 4 is 19.7 Å². The van der Waals surface area contributed by atoms with Crippen molar-refractivity contribution in [3.8, 4) is 5.75 Å². The molecule has 0 aromatic heterocycles. The molecule has 1 aromatic carbocycles. The van der Waals surface area contributed by atoms with Crippen LogP contribution in [0.3, 0.4) is 0 Å². The maximum atomic E-state index is 13.1. The van der Waals surface area contributed by atoms with Gasteiger partial charge in [-0.05, 0) is 31.4 Å². The van der Waals surface area contributed by atoms with Crippen LogP contribution in [-0.4, -0.2) is 20.8 Å². The summed E-state index contributed by atoms with van der Waals surface area (Å²) in [5.74, 6) is 0.0628. The first-order chi connectivity index (χ1) is 7.88. The van der Waals surface area contributed by atoms with Crippen LogP contribution in [0.5, 0.6) is 5.75 Å². The lowest BCUT2D eigenvalue weighted by Crippen LogP contribution is -2.02. The van der Waals surface area contributed by atoms with Crippen LogP contribution in [0, 0.1) is 12.7 Å². The van der Waals surface area contributed by atoms with Crippen LogP contribution in [0.25, 0.3) is 0 Å². The highest BCUT2D eigenvalue weighted by atomic mass is 35.7. The number of halogens is 2. The molecule has 0 spiro atoms. The van der Waals surface area contributed by atoms with Gasteiger partial charge < -0.3 is 4.74 Å². The number of hydrogen-bond acceptors (Lipinski definition) is 3. The number of rotatable bonds is 6. The first kappa shape index (κ1) is 14.3. The zero-order valence-electron chi connectivity index (χ0n) is 9.45. The fraction of sp³-hybridized carbons (Fsp3) is 0.455. The van der Waals surface area contributed by atoms with Gasteiger partial charge in [-0.2, -0.15) is 0 Å². The summed E-state index contributed by atoms with van der Waals surface area (Å²) in [5.41, 5.74) is 0.561. The standard InChI is InChI=1S/C11H14ClFO3S/c1-9-4-5-10(8-11(9)13)16-6-2-3-7-17(12,14)15/h4-5,8H,2-3,6-7H2,1H3. The molecule has 17 heavy (non-hydrogen) atoms. The first-order valence-electron chi connectivity index (χ1n) is 5.20. The van der Waals surface area contributed by atoms with Crippen LogP contribution >= 0.6 is 10.7 Å². The Morgan fingerprint density at radius 1 is 1.35 bits per heavy atom. The Labute approximate surface area is 105 Å². The van der Waals surface area contributed by atoms with Crippen molar-refractivity contribution in [1.29, 1.82) is 0 Å². The summed E-state index contributed by atoms with van der Waals surface area (Å²) in [6.45, 7) is 2.01. The van der Waals surface area contributed by atoms with Crippen molar-refractivity contribution in [3.63, 3.8) is 0 Å². The van der Waals surface area contributed by atoms with Gasteiger partial charge in [0.05, 0.1) is 12.4 Å². The molecule has 0 atom stereocenters. The topological polar surface area (TPSA) is 43.4 Å². The maximum absolute atomic E-state index is 13.1. The second-order valence-electron chi connectivity index (χ2n) is 3.71. The van der Waals surface area contributed by atoms with Gasteiger partial charge in [0.2, 0.25) is 9.05 Å². The van der Waals surface area contributed by atoms with Gasteiger partial charge in [0.25, 0.3) is 0 Å². The van der Waals surface area contributed by atoms with Gasteiger partial charge in [-0.3, -0.25) is 0 Å². The van der Waals surface area contributed by atoms with Crippen LogP contribution in [0.4, 0.5) is 4.39 Å². The van der Waals surface area contributed by atoms with Crippen molar-refractivity contribution in [3.05, 3.63) is 29.6 Å². The summed E-state index contributed by atoms with van der Waals surface area (Å²) in [7, 11) is 1.62. The lowest BCUT2D eigenvalue weighted by atomic mass is 10.2. The van der Waals surface area contributed by atoms with E-state index in [2.05, 4.69) is 0 Å². The third-order valence-corrected chi connectivity index (χ3v) is 3.43. The Hall–Kier alpha value is -0.810. The largest absolute Gasteiger partial charge is 0.493 e. The van der Waals surface area contributed by atoms with Crippen LogP contribution in [0.2, 0.25) is 0 Å². The Morgan fingerprint density at radius 3 is 2.65 bits per heavy atom. The highest BCUT2D eigenvalue weighted by Crippen LogP contribution is 2.16. The fourth-order valence-electron chi connectivity index (χ4n) is 1.23. The molecule has 0 unspecified atom stereocenters. The van der Waals surface area contributed by atoms with Crippen molar-refractivity contribution < 1.29 is 17.5 Å². The van der Waals surface area contributed by atoms with Gasteiger partial charge in [0.1, 0.15) is 11.6 Å². The van der Waals surface area contributed by atoms with Crippen molar-refractivity contribution in [1.82, 2.24) is 0 Å². The molecule has 0 aliphatic carbocycles. The van der Waals surface area contributed by atoms with Gasteiger partial charge in [-0.1, -0.05) is 6.07 Å². The van der Waals surface area contributed by atoms with Crippen LogP contribution in [0.1, 0.15) is 18.4 Å². The van der Waals surface area contributed by atoms with E-state index in [1.54, 1.807) is 19.1 Å². The zero-order valence-corrected chi connectivity index (χ0v) is 11.0. The van der Waals surface area contributed by atoms with E-state index in [4.69, 9.17) is 15.4 Å². The van der Waals surface area contributed by atoms with Gasteiger partial charge in [-0.15, -0.1) is 0 Å². The number of hydrogen-bond donors (Lipinski definition) is 0. The van der Waals surface area contributed by atoms with Gasteiger partial charge in [0.15, 0.2) is 0 Å². The van der Waals surface area contributed by atoms with Crippen LogP contribution in [-0.2, 0) is 9.05 Å². The molecule has 6 heteroatoms. The molecule has 0 N–H and O–H groups in total. The minimum atomic E-state index is -3.42. The molecule has 96 valence electrons. The summed E-state index contributed by atoms with van der Waals surface area (Å²) < 4.78 is 39.7. The van der Waals surface area contributed by atoms with E-state index in [1.165, 1.54) is 6.07 Å². The average Bonchev–Trinajstić information content (AvgIpc) is 2.21. The highest BCUT2D eigenvalue weighted by molar-refractivity contribution is 8.13. The monoisotopic (exact) mass is 280 g/mol. The summed E-state index contributed by atoms with van der Waals surface area (Å²) in [6.07, 6.45) is 0.988. The Kier molecular flexibility index (Phi) is 5.21. The molecule has 1 rings (SSSR count). The Morgan fingerprint density at radius 2 is 2.06 bits per heavy atom. The number of aryl methyl sites for hydroxylation is 1. The molecule has 3 nitrogen and oxygen atoms in total. The van der Waals surface area contributed by atoms with Crippen molar-refractivity contribution in [2.24, 2.45) is 0 Å². The summed E-state index contributed by atoms with van der Waals surface area (Å²) in [4.78, 5) is 0. The molecule has 1 aromatic rings. The molecule has 0 aliphatic heterocycles. The third kappa shape index (κ3) is 5.89. The van der Waals surface area contributed by atoms with Crippen molar-refractivity contribution in [2.45, 2.75) is 19.8 Å².